The van der Waals surface area contributed by atoms with Crippen LogP contribution in [0.2, 0.25) is 0 Å². The molecule has 0 spiro atoms. The molecule has 0 aliphatic carbocycles. The van der Waals surface area contributed by atoms with Gasteiger partial charge in [0.2, 0.25) is 0 Å². The molecule has 86 valence electrons. The molecular formula is C11H15N3OS. The summed E-state index contributed by atoms with van der Waals surface area (Å²) in [7, 11) is 0. The number of aliphatic hydroxyl groups excluding tert-OH is 1. The highest BCUT2D eigenvalue weighted by molar-refractivity contribution is 7.13. The molecule has 5 heteroatoms. The highest BCUT2D eigenvalue weighted by Gasteiger charge is 2.09. The van der Waals surface area contributed by atoms with Crippen molar-refractivity contribution >= 4 is 11.3 Å². The second-order valence-electron chi connectivity index (χ2n) is 3.71. The second kappa shape index (κ2) is 5.25. The molecule has 1 atom stereocenters. The van der Waals surface area contributed by atoms with Gasteiger partial charge in [0.05, 0.1) is 23.4 Å². The van der Waals surface area contributed by atoms with E-state index < -0.39 is 0 Å². The van der Waals surface area contributed by atoms with E-state index in [4.69, 9.17) is 5.11 Å². The lowest BCUT2D eigenvalue weighted by Gasteiger charge is -2.09. The molecule has 2 aromatic heterocycles. The molecule has 4 nitrogen and oxygen atoms in total. The van der Waals surface area contributed by atoms with E-state index in [-0.39, 0.29) is 12.6 Å². The molecule has 0 aromatic carbocycles. The van der Waals surface area contributed by atoms with E-state index in [0.29, 0.717) is 6.54 Å². The topological polar surface area (TPSA) is 60.9 Å². The predicted molar refractivity (Wildman–Crippen MR) is 65.3 cm³/mol. The van der Waals surface area contributed by atoms with Gasteiger partial charge in [0, 0.05) is 18.2 Å². The molecule has 0 amide bonds. The number of rotatable bonds is 5. The number of nitrogens with zero attached hydrogens (tertiary/aromatic N) is 1. The Morgan fingerprint density at radius 3 is 3.19 bits per heavy atom. The summed E-state index contributed by atoms with van der Waals surface area (Å²) in [4.78, 5) is 1.19. The summed E-state index contributed by atoms with van der Waals surface area (Å²) in [6.45, 7) is 2.81. The number of hydrogen-bond acceptors (Lipinski definition) is 4. The largest absolute Gasteiger partial charge is 0.395 e. The molecule has 16 heavy (non-hydrogen) atoms. The molecule has 2 aromatic rings. The summed E-state index contributed by atoms with van der Waals surface area (Å²) in [5.74, 6) is 0. The molecule has 0 radical (unpaired) electrons. The first-order chi connectivity index (χ1) is 7.81. The fraction of sp³-hybridized carbons (Fsp3) is 0.364. The fourth-order valence-corrected chi connectivity index (χ4v) is 2.18. The number of aromatic amines is 1. The van der Waals surface area contributed by atoms with Crippen LogP contribution in [0.25, 0.3) is 10.6 Å². The standard InChI is InChI=1S/C11H15N3OS/c1-8(7-15)12-5-9-6-13-14-11(9)10-3-2-4-16-10/h2-4,6,8,12,15H,5,7H2,1H3,(H,13,14). The molecule has 2 rings (SSSR count). The molecule has 2 heterocycles. The van der Waals surface area contributed by atoms with Crippen LogP contribution in [0.15, 0.2) is 23.7 Å². The SMILES string of the molecule is CC(CO)NCc1cn[nH]c1-c1cccs1. The normalized spacial score (nSPS) is 12.9. The first-order valence-electron chi connectivity index (χ1n) is 5.21. The Morgan fingerprint density at radius 2 is 2.50 bits per heavy atom. The summed E-state index contributed by atoms with van der Waals surface area (Å²) < 4.78 is 0. The second-order valence-corrected chi connectivity index (χ2v) is 4.66. The Hall–Kier alpha value is -1.17. The van der Waals surface area contributed by atoms with Crippen LogP contribution in [0.4, 0.5) is 0 Å². The van der Waals surface area contributed by atoms with E-state index in [0.717, 1.165) is 11.3 Å². The van der Waals surface area contributed by atoms with Gasteiger partial charge in [0.25, 0.3) is 0 Å². The van der Waals surface area contributed by atoms with Gasteiger partial charge < -0.3 is 10.4 Å². The molecule has 3 N–H and O–H groups in total. The van der Waals surface area contributed by atoms with E-state index >= 15 is 0 Å². The lowest BCUT2D eigenvalue weighted by atomic mass is 10.2. The van der Waals surface area contributed by atoms with Crippen molar-refractivity contribution in [2.24, 2.45) is 0 Å². The maximum absolute atomic E-state index is 8.93. The maximum atomic E-state index is 8.93. The maximum Gasteiger partial charge on any atom is 0.0794 e. The first kappa shape index (κ1) is 11.3. The van der Waals surface area contributed by atoms with E-state index in [1.807, 2.05) is 24.6 Å². The van der Waals surface area contributed by atoms with Gasteiger partial charge in [-0.25, -0.2) is 0 Å². The quantitative estimate of drug-likeness (QED) is 0.740. The molecule has 0 bridgehead atoms. The molecule has 0 fully saturated rings. The number of aliphatic hydroxyl groups is 1. The number of nitrogens with one attached hydrogen (secondary N) is 2. The Bertz CT molecular complexity index is 424. The van der Waals surface area contributed by atoms with Gasteiger partial charge in [-0.1, -0.05) is 6.07 Å². The minimum absolute atomic E-state index is 0.103. The monoisotopic (exact) mass is 237 g/mol. The Morgan fingerprint density at radius 1 is 1.62 bits per heavy atom. The van der Waals surface area contributed by atoms with Crippen LogP contribution in [0.3, 0.4) is 0 Å². The van der Waals surface area contributed by atoms with Gasteiger partial charge in [-0.05, 0) is 18.4 Å². The highest BCUT2D eigenvalue weighted by atomic mass is 32.1. The summed E-state index contributed by atoms with van der Waals surface area (Å²) in [6, 6.07) is 4.19. The molecule has 0 aliphatic rings. The van der Waals surface area contributed by atoms with E-state index in [2.05, 4.69) is 21.6 Å². The smallest absolute Gasteiger partial charge is 0.0794 e. The lowest BCUT2D eigenvalue weighted by molar-refractivity contribution is 0.251. The van der Waals surface area contributed by atoms with Crippen LogP contribution in [0, 0.1) is 0 Å². The third-order valence-electron chi connectivity index (χ3n) is 2.40. The minimum atomic E-state index is 0.103. The van der Waals surface area contributed by atoms with E-state index in [9.17, 15) is 0 Å². The highest BCUT2D eigenvalue weighted by Crippen LogP contribution is 2.25. The number of H-pyrrole nitrogens is 1. The summed E-state index contributed by atoms with van der Waals surface area (Å²) in [6.07, 6.45) is 1.83. The van der Waals surface area contributed by atoms with Gasteiger partial charge in [0.15, 0.2) is 0 Å². The third kappa shape index (κ3) is 2.49. The Balaban J connectivity index is 2.08. The van der Waals surface area contributed by atoms with Crippen molar-refractivity contribution in [3.8, 4) is 10.6 Å². The molecule has 0 aliphatic heterocycles. The minimum Gasteiger partial charge on any atom is -0.395 e. The van der Waals surface area contributed by atoms with Crippen LogP contribution in [0.5, 0.6) is 0 Å². The molecule has 0 saturated carbocycles. The van der Waals surface area contributed by atoms with Crippen LogP contribution < -0.4 is 5.32 Å². The van der Waals surface area contributed by atoms with Crippen molar-refractivity contribution < 1.29 is 5.11 Å². The van der Waals surface area contributed by atoms with E-state index in [1.54, 1.807) is 11.3 Å². The molecular weight excluding hydrogens is 222 g/mol. The predicted octanol–water partition coefficient (Wildman–Crippen LogP) is 1.61. The summed E-state index contributed by atoms with van der Waals surface area (Å²) >= 11 is 1.69. The first-order valence-corrected chi connectivity index (χ1v) is 6.09. The summed E-state index contributed by atoms with van der Waals surface area (Å²) in [5.41, 5.74) is 2.19. The number of aromatic nitrogens is 2. The van der Waals surface area contributed by atoms with Gasteiger partial charge in [-0.3, -0.25) is 5.10 Å². The third-order valence-corrected chi connectivity index (χ3v) is 3.29. The van der Waals surface area contributed by atoms with Crippen molar-refractivity contribution in [1.29, 1.82) is 0 Å². The van der Waals surface area contributed by atoms with Crippen LogP contribution >= 0.6 is 11.3 Å². The fourth-order valence-electron chi connectivity index (χ4n) is 1.43. The van der Waals surface area contributed by atoms with Crippen molar-refractivity contribution in [2.45, 2.75) is 19.5 Å². The van der Waals surface area contributed by atoms with Crippen molar-refractivity contribution in [3.05, 3.63) is 29.3 Å². The van der Waals surface area contributed by atoms with Crippen molar-refractivity contribution in [3.63, 3.8) is 0 Å². The van der Waals surface area contributed by atoms with Crippen LogP contribution in [-0.4, -0.2) is 28.0 Å². The van der Waals surface area contributed by atoms with Crippen molar-refractivity contribution in [2.75, 3.05) is 6.61 Å². The van der Waals surface area contributed by atoms with Crippen molar-refractivity contribution in [1.82, 2.24) is 15.5 Å². The molecule has 0 saturated heterocycles. The van der Waals surface area contributed by atoms with Gasteiger partial charge in [-0.15, -0.1) is 11.3 Å². The zero-order valence-electron chi connectivity index (χ0n) is 9.10. The van der Waals surface area contributed by atoms with Gasteiger partial charge >= 0.3 is 0 Å². The van der Waals surface area contributed by atoms with Gasteiger partial charge in [-0.2, -0.15) is 5.10 Å². The molecule has 1 unspecified atom stereocenters. The zero-order valence-corrected chi connectivity index (χ0v) is 9.92. The average molecular weight is 237 g/mol. The lowest BCUT2D eigenvalue weighted by Crippen LogP contribution is -2.28. The summed E-state index contributed by atoms with van der Waals surface area (Å²) in [5, 5.41) is 21.3. The Kier molecular flexibility index (Phi) is 3.71. The number of hydrogen-bond donors (Lipinski definition) is 3. The van der Waals surface area contributed by atoms with Gasteiger partial charge in [0.1, 0.15) is 0 Å². The zero-order chi connectivity index (χ0) is 11.4. The average Bonchev–Trinajstić information content (AvgIpc) is 2.95. The van der Waals surface area contributed by atoms with E-state index in [1.165, 1.54) is 4.88 Å². The number of thiophene rings is 1. The van der Waals surface area contributed by atoms with Crippen LogP contribution in [0.1, 0.15) is 12.5 Å². The van der Waals surface area contributed by atoms with Crippen LogP contribution in [-0.2, 0) is 6.54 Å². The Labute approximate surface area is 98.3 Å².